The van der Waals surface area contributed by atoms with Crippen molar-refractivity contribution in [2.75, 3.05) is 26.4 Å². The molecule has 3 aromatic carbocycles. The molecule has 0 radical (unpaired) electrons. The maximum absolute atomic E-state index is 10.7. The molecule has 8 nitrogen and oxygen atoms in total. The largest absolute Gasteiger partial charge is 0.504 e. The fraction of sp³-hybridized carbons (Fsp3) is 0.217. The number of hydrogen-bond donors (Lipinski definition) is 1. The molecule has 1 heterocycles. The summed E-state index contributed by atoms with van der Waals surface area (Å²) >= 11 is 0. The van der Waals surface area contributed by atoms with Crippen LogP contribution < -0.4 is 9.47 Å². The van der Waals surface area contributed by atoms with E-state index in [0.29, 0.717) is 49.3 Å². The molecular formula is C23H22N4O4. The van der Waals surface area contributed by atoms with Crippen LogP contribution in [0.3, 0.4) is 0 Å². The molecule has 0 aromatic heterocycles. The van der Waals surface area contributed by atoms with Crippen molar-refractivity contribution in [1.82, 2.24) is 0 Å². The number of phenolic OH excluding ortho intramolecular Hbond substituents is 1. The molecule has 0 unspecified atom stereocenters. The molecule has 1 N–H and O–H groups in total. The van der Waals surface area contributed by atoms with Crippen molar-refractivity contribution < 1.29 is 19.3 Å². The zero-order chi connectivity index (χ0) is 21.5. The maximum atomic E-state index is 10.7. The van der Waals surface area contributed by atoms with Gasteiger partial charge in [0, 0.05) is 0 Å². The van der Waals surface area contributed by atoms with Gasteiger partial charge in [-0.1, -0.05) is 24.3 Å². The third kappa shape index (κ3) is 5.23. The summed E-state index contributed by atoms with van der Waals surface area (Å²) in [6.45, 7) is 3.41. The Morgan fingerprint density at radius 2 is 1.10 bits per heavy atom. The molecule has 0 saturated carbocycles. The average Bonchev–Trinajstić information content (AvgIpc) is 2.78. The monoisotopic (exact) mass is 418 g/mol. The molecule has 31 heavy (non-hydrogen) atoms. The molecule has 0 saturated heterocycles. The van der Waals surface area contributed by atoms with Gasteiger partial charge in [0.1, 0.15) is 47.5 Å². The lowest BCUT2D eigenvalue weighted by Crippen LogP contribution is -2.12. The molecule has 3 aromatic rings. The zero-order valence-electron chi connectivity index (χ0n) is 17.1. The number of para-hydroxylation sites is 2. The van der Waals surface area contributed by atoms with E-state index in [9.17, 15) is 5.11 Å². The third-order valence-electron chi connectivity index (χ3n) is 4.45. The van der Waals surface area contributed by atoms with Gasteiger partial charge >= 0.3 is 0 Å². The normalized spacial score (nSPS) is 14.4. The Bertz CT molecular complexity index is 1030. The van der Waals surface area contributed by atoms with E-state index >= 15 is 0 Å². The first-order valence-corrected chi connectivity index (χ1v) is 9.89. The highest BCUT2D eigenvalue weighted by Gasteiger charge is 2.10. The van der Waals surface area contributed by atoms with Crippen LogP contribution in [-0.2, 0) is 4.74 Å². The molecule has 1 aliphatic heterocycles. The van der Waals surface area contributed by atoms with Crippen LogP contribution in [-0.4, -0.2) is 31.5 Å². The number of aryl methyl sites for hydroxylation is 1. The molecule has 2 bridgehead atoms. The van der Waals surface area contributed by atoms with E-state index in [0.717, 1.165) is 5.56 Å². The fourth-order valence-electron chi connectivity index (χ4n) is 2.96. The Morgan fingerprint density at radius 1 is 0.645 bits per heavy atom. The summed E-state index contributed by atoms with van der Waals surface area (Å²) in [6, 6.07) is 18.0. The molecule has 158 valence electrons. The van der Waals surface area contributed by atoms with Crippen LogP contribution in [0.2, 0.25) is 0 Å². The van der Waals surface area contributed by atoms with Gasteiger partial charge in [0.05, 0.1) is 13.2 Å². The fourth-order valence-corrected chi connectivity index (χ4v) is 2.96. The number of rotatable bonds is 0. The van der Waals surface area contributed by atoms with Crippen molar-refractivity contribution in [3.05, 3.63) is 66.2 Å². The Labute approximate surface area is 179 Å². The van der Waals surface area contributed by atoms with E-state index in [4.69, 9.17) is 14.2 Å². The Kier molecular flexibility index (Phi) is 6.49. The standard InChI is InChI=1S/C23H22N4O4/c1-16-14-19-23(28)20(15-16)27-25-18-7-3-5-9-22(18)31-13-11-29-10-12-30-21-8-4-2-6-17(21)24-26-19/h2-9,14-15,28H,10-13H2,1H3. The quantitative estimate of drug-likeness (QED) is 0.462. The number of hydrogen-bond acceptors (Lipinski definition) is 8. The van der Waals surface area contributed by atoms with Crippen molar-refractivity contribution in [2.24, 2.45) is 20.5 Å². The number of ether oxygens (including phenoxy) is 3. The second-order valence-electron chi connectivity index (χ2n) is 6.80. The lowest BCUT2D eigenvalue weighted by Gasteiger charge is -2.11. The number of phenols is 1. The minimum absolute atomic E-state index is 0.107. The van der Waals surface area contributed by atoms with Crippen molar-refractivity contribution in [1.29, 1.82) is 0 Å². The minimum Gasteiger partial charge on any atom is -0.504 e. The number of fused-ring (bicyclic) bond motifs is 4. The van der Waals surface area contributed by atoms with E-state index < -0.39 is 0 Å². The first-order chi connectivity index (χ1) is 15.2. The van der Waals surface area contributed by atoms with E-state index in [2.05, 4.69) is 20.5 Å². The molecule has 0 aliphatic carbocycles. The summed E-state index contributed by atoms with van der Waals surface area (Å²) in [7, 11) is 0. The van der Waals surface area contributed by atoms with E-state index in [1.807, 2.05) is 43.3 Å². The molecule has 8 heteroatoms. The van der Waals surface area contributed by atoms with Crippen molar-refractivity contribution >= 4 is 22.7 Å². The predicted octanol–water partition coefficient (Wildman–Crippen LogP) is 6.32. The van der Waals surface area contributed by atoms with Gasteiger partial charge in [-0.15, -0.1) is 20.5 Å². The molecule has 0 spiro atoms. The van der Waals surface area contributed by atoms with Gasteiger partial charge in [0.2, 0.25) is 0 Å². The number of azo groups is 2. The van der Waals surface area contributed by atoms with E-state index in [1.165, 1.54) is 0 Å². The van der Waals surface area contributed by atoms with Gasteiger partial charge in [-0.05, 0) is 48.9 Å². The summed E-state index contributed by atoms with van der Waals surface area (Å²) in [5.41, 5.74) is 2.53. The Morgan fingerprint density at radius 3 is 1.61 bits per heavy atom. The minimum atomic E-state index is -0.107. The van der Waals surface area contributed by atoms with Crippen LogP contribution in [0.5, 0.6) is 17.2 Å². The molecule has 1 aliphatic rings. The van der Waals surface area contributed by atoms with Crippen LogP contribution in [0.1, 0.15) is 5.56 Å². The van der Waals surface area contributed by atoms with Crippen molar-refractivity contribution in [3.63, 3.8) is 0 Å². The molecule has 0 fully saturated rings. The van der Waals surface area contributed by atoms with Crippen LogP contribution in [0.15, 0.2) is 81.1 Å². The second-order valence-corrected chi connectivity index (χ2v) is 6.80. The summed E-state index contributed by atoms with van der Waals surface area (Å²) in [5, 5.41) is 27.7. The molecule has 4 rings (SSSR count). The van der Waals surface area contributed by atoms with E-state index in [1.54, 1.807) is 24.3 Å². The SMILES string of the molecule is Cc1cc2c(O)c(c1)N=Nc1ccccc1OCCOCCOc1ccccc1N=N2. The van der Waals surface area contributed by atoms with Gasteiger partial charge < -0.3 is 19.3 Å². The summed E-state index contributed by atoms with van der Waals surface area (Å²) in [4.78, 5) is 0. The summed E-state index contributed by atoms with van der Waals surface area (Å²) < 4.78 is 17.1. The smallest absolute Gasteiger partial charge is 0.171 e. The highest BCUT2D eigenvalue weighted by atomic mass is 16.5. The van der Waals surface area contributed by atoms with Gasteiger partial charge in [-0.3, -0.25) is 0 Å². The Hall–Kier alpha value is -3.78. The Balaban J connectivity index is 1.73. The molecule has 0 atom stereocenters. The van der Waals surface area contributed by atoms with Crippen molar-refractivity contribution in [2.45, 2.75) is 6.92 Å². The maximum Gasteiger partial charge on any atom is 0.171 e. The van der Waals surface area contributed by atoms with Crippen LogP contribution in [0.25, 0.3) is 0 Å². The second kappa shape index (κ2) is 9.82. The van der Waals surface area contributed by atoms with Gasteiger partial charge in [-0.25, -0.2) is 0 Å². The predicted molar refractivity (Wildman–Crippen MR) is 116 cm³/mol. The highest BCUT2D eigenvalue weighted by molar-refractivity contribution is 5.67. The van der Waals surface area contributed by atoms with Crippen LogP contribution in [0.4, 0.5) is 22.7 Å². The van der Waals surface area contributed by atoms with Gasteiger partial charge in [-0.2, -0.15) is 0 Å². The topological polar surface area (TPSA) is 97.4 Å². The molecule has 0 amide bonds. The highest BCUT2D eigenvalue weighted by Crippen LogP contribution is 2.40. The number of aromatic hydroxyl groups is 1. The average molecular weight is 418 g/mol. The lowest BCUT2D eigenvalue weighted by atomic mass is 10.2. The van der Waals surface area contributed by atoms with E-state index in [-0.39, 0.29) is 17.1 Å². The first kappa shape index (κ1) is 20.5. The number of nitrogens with zero attached hydrogens (tertiary/aromatic N) is 4. The summed E-state index contributed by atoms with van der Waals surface area (Å²) in [5.74, 6) is 1.05. The third-order valence-corrected chi connectivity index (χ3v) is 4.45. The van der Waals surface area contributed by atoms with Gasteiger partial charge in [0.25, 0.3) is 0 Å². The lowest BCUT2D eigenvalue weighted by molar-refractivity contribution is 0.0767. The van der Waals surface area contributed by atoms with Crippen molar-refractivity contribution in [3.8, 4) is 17.2 Å². The summed E-state index contributed by atoms with van der Waals surface area (Å²) in [6.07, 6.45) is 0. The van der Waals surface area contributed by atoms with Crippen LogP contribution in [0, 0.1) is 6.92 Å². The van der Waals surface area contributed by atoms with Crippen LogP contribution >= 0.6 is 0 Å². The van der Waals surface area contributed by atoms with Gasteiger partial charge in [0.15, 0.2) is 5.75 Å². The molecular weight excluding hydrogens is 396 g/mol. The number of benzene rings is 3. The first-order valence-electron chi connectivity index (χ1n) is 9.89. The zero-order valence-corrected chi connectivity index (χ0v) is 17.1.